The van der Waals surface area contributed by atoms with Crippen molar-refractivity contribution in [1.82, 2.24) is 24.8 Å². The van der Waals surface area contributed by atoms with Crippen molar-refractivity contribution in [3.63, 3.8) is 0 Å². The van der Waals surface area contributed by atoms with E-state index in [0.717, 1.165) is 19.5 Å². The number of rotatable bonds is 7. The van der Waals surface area contributed by atoms with Gasteiger partial charge in [-0.1, -0.05) is 42.8 Å². The zero-order valence-corrected chi connectivity index (χ0v) is 27.5. The number of benzene rings is 2. The van der Waals surface area contributed by atoms with Gasteiger partial charge in [0.1, 0.15) is 35.1 Å². The standard InChI is InChI=1S/C34H36ClF2N7O3/c1-5-42-14-12-22(42)19-46-32-40-30-24(17-39-29(28(30)37)23-8-6-7-20-9-10-25(36)27(35)26(20)23)31(41-32)43-15-16-44(21(18-43)11-13-38)33(45)47-34(2,3)4/h6-10,17,21-22H,5,11-12,14-16,18-19H2,1-4H3/t21-,22-/m0/s1. The van der Waals surface area contributed by atoms with Gasteiger partial charge in [0.05, 0.1) is 28.9 Å². The molecule has 6 rings (SSSR count). The monoisotopic (exact) mass is 663 g/mol. The van der Waals surface area contributed by atoms with Gasteiger partial charge in [0.15, 0.2) is 5.82 Å². The molecule has 4 aromatic rings. The number of likely N-dealkylation sites (tertiary alicyclic amines) is 1. The van der Waals surface area contributed by atoms with Crippen molar-refractivity contribution in [3.8, 4) is 23.3 Å². The SMILES string of the molecule is CCN1CC[C@H]1COc1nc(N2CCN(C(=O)OC(C)(C)C)[C@@H](CC#N)C2)c2cnc(-c3cccc4ccc(F)c(Cl)c34)c(F)c2n1. The summed E-state index contributed by atoms with van der Waals surface area (Å²) in [5.41, 5.74) is -0.441. The van der Waals surface area contributed by atoms with Crippen molar-refractivity contribution in [1.29, 1.82) is 5.26 Å². The van der Waals surface area contributed by atoms with Crippen LogP contribution in [0.4, 0.5) is 19.4 Å². The Labute approximate surface area is 276 Å². The number of pyridine rings is 1. The van der Waals surface area contributed by atoms with Crippen molar-refractivity contribution in [3.05, 3.63) is 53.2 Å². The number of anilines is 1. The Morgan fingerprint density at radius 2 is 1.94 bits per heavy atom. The number of carbonyl (C=O) groups excluding carboxylic acids is 1. The molecular formula is C34H36ClF2N7O3. The van der Waals surface area contributed by atoms with Crippen LogP contribution in [0, 0.1) is 23.0 Å². The minimum atomic E-state index is -0.733. The summed E-state index contributed by atoms with van der Waals surface area (Å²) in [6.07, 6.45) is 2.02. The highest BCUT2D eigenvalue weighted by molar-refractivity contribution is 6.36. The Morgan fingerprint density at radius 1 is 1.13 bits per heavy atom. The molecule has 10 nitrogen and oxygen atoms in total. The third-order valence-electron chi connectivity index (χ3n) is 8.65. The first kappa shape index (κ1) is 32.6. The number of carbonyl (C=O) groups is 1. The van der Waals surface area contributed by atoms with Gasteiger partial charge < -0.3 is 19.3 Å². The van der Waals surface area contributed by atoms with Crippen LogP contribution in [0.5, 0.6) is 6.01 Å². The summed E-state index contributed by atoms with van der Waals surface area (Å²) in [5.74, 6) is -0.982. The lowest BCUT2D eigenvalue weighted by atomic mass is 10.0. The van der Waals surface area contributed by atoms with Gasteiger partial charge in [-0.25, -0.2) is 13.6 Å². The molecule has 47 heavy (non-hydrogen) atoms. The molecule has 0 spiro atoms. The molecule has 246 valence electrons. The lowest BCUT2D eigenvalue weighted by molar-refractivity contribution is 0.0145. The lowest BCUT2D eigenvalue weighted by Crippen LogP contribution is -2.56. The topological polar surface area (TPSA) is 108 Å². The summed E-state index contributed by atoms with van der Waals surface area (Å²) < 4.78 is 42.9. The first-order valence-corrected chi connectivity index (χ1v) is 16.1. The van der Waals surface area contributed by atoms with E-state index in [-0.39, 0.29) is 47.8 Å². The van der Waals surface area contributed by atoms with Gasteiger partial charge in [-0.05, 0) is 45.2 Å². The molecule has 0 radical (unpaired) electrons. The summed E-state index contributed by atoms with van der Waals surface area (Å²) in [5, 5.41) is 10.8. The Bertz CT molecular complexity index is 1880. The van der Waals surface area contributed by atoms with Crippen LogP contribution >= 0.6 is 11.6 Å². The van der Waals surface area contributed by atoms with E-state index in [0.29, 0.717) is 40.7 Å². The maximum absolute atomic E-state index is 16.7. The zero-order valence-electron chi connectivity index (χ0n) is 26.8. The fourth-order valence-electron chi connectivity index (χ4n) is 6.18. The van der Waals surface area contributed by atoms with Crippen LogP contribution in [0.2, 0.25) is 5.02 Å². The third-order valence-corrected chi connectivity index (χ3v) is 9.02. The van der Waals surface area contributed by atoms with E-state index in [1.165, 1.54) is 12.3 Å². The summed E-state index contributed by atoms with van der Waals surface area (Å²) >= 11 is 6.38. The molecule has 4 heterocycles. The Kier molecular flexibility index (Phi) is 9.05. The predicted molar refractivity (Wildman–Crippen MR) is 176 cm³/mol. The van der Waals surface area contributed by atoms with Gasteiger partial charge in [-0.15, -0.1) is 0 Å². The van der Waals surface area contributed by atoms with Gasteiger partial charge in [0.2, 0.25) is 0 Å². The fraction of sp³-hybridized carbons (Fsp3) is 0.441. The predicted octanol–water partition coefficient (Wildman–Crippen LogP) is 6.59. The number of hydrogen-bond acceptors (Lipinski definition) is 9. The molecule has 0 bridgehead atoms. The number of likely N-dealkylation sites (N-methyl/N-ethyl adjacent to an activating group) is 1. The smallest absolute Gasteiger partial charge is 0.410 e. The molecule has 0 saturated carbocycles. The van der Waals surface area contributed by atoms with Crippen LogP contribution in [-0.2, 0) is 4.74 Å². The number of ether oxygens (including phenoxy) is 2. The normalized spacial score (nSPS) is 18.7. The highest BCUT2D eigenvalue weighted by Crippen LogP contribution is 2.38. The highest BCUT2D eigenvalue weighted by Gasteiger charge is 2.35. The minimum Gasteiger partial charge on any atom is -0.462 e. The van der Waals surface area contributed by atoms with E-state index in [9.17, 15) is 14.4 Å². The first-order chi connectivity index (χ1) is 22.5. The van der Waals surface area contributed by atoms with E-state index < -0.39 is 29.4 Å². The zero-order chi connectivity index (χ0) is 33.5. The van der Waals surface area contributed by atoms with Gasteiger partial charge in [-0.2, -0.15) is 15.2 Å². The van der Waals surface area contributed by atoms with Gasteiger partial charge in [0, 0.05) is 49.4 Å². The van der Waals surface area contributed by atoms with Crippen molar-refractivity contribution in [2.45, 2.75) is 58.2 Å². The molecule has 2 aliphatic heterocycles. The van der Waals surface area contributed by atoms with Crippen LogP contribution in [0.15, 0.2) is 36.5 Å². The summed E-state index contributed by atoms with van der Waals surface area (Å²) in [6.45, 7) is 10.5. The number of halogens is 3. The van der Waals surface area contributed by atoms with Crippen molar-refractivity contribution < 1.29 is 23.0 Å². The number of nitrogens with zero attached hydrogens (tertiary/aromatic N) is 7. The van der Waals surface area contributed by atoms with Crippen molar-refractivity contribution >= 4 is 45.2 Å². The quantitative estimate of drug-likeness (QED) is 0.216. The van der Waals surface area contributed by atoms with Gasteiger partial charge >= 0.3 is 12.1 Å². The maximum atomic E-state index is 16.7. The molecule has 2 fully saturated rings. The van der Waals surface area contributed by atoms with Crippen LogP contribution in [-0.4, -0.2) is 87.9 Å². The van der Waals surface area contributed by atoms with Gasteiger partial charge in [0.25, 0.3) is 0 Å². The largest absolute Gasteiger partial charge is 0.462 e. The lowest BCUT2D eigenvalue weighted by Gasteiger charge is -2.41. The van der Waals surface area contributed by atoms with Crippen molar-refractivity contribution in [2.75, 3.05) is 44.2 Å². The summed E-state index contributed by atoms with van der Waals surface area (Å²) in [7, 11) is 0. The van der Waals surface area contributed by atoms with Crippen LogP contribution in [0.25, 0.3) is 32.9 Å². The number of hydrogen-bond donors (Lipinski definition) is 0. The minimum absolute atomic E-state index is 0.0000882. The van der Waals surface area contributed by atoms with E-state index in [1.807, 2.05) is 4.90 Å². The molecule has 2 aromatic carbocycles. The van der Waals surface area contributed by atoms with Crippen LogP contribution in [0.3, 0.4) is 0 Å². The average Bonchev–Trinajstić information content (AvgIpc) is 3.02. The maximum Gasteiger partial charge on any atom is 0.410 e. The van der Waals surface area contributed by atoms with Crippen LogP contribution < -0.4 is 9.64 Å². The summed E-state index contributed by atoms with van der Waals surface area (Å²) in [4.78, 5) is 32.5. The molecule has 2 saturated heterocycles. The second kappa shape index (κ2) is 13.0. The molecule has 0 N–H and O–H groups in total. The Balaban J connectivity index is 1.43. The van der Waals surface area contributed by atoms with E-state index in [4.69, 9.17) is 26.1 Å². The van der Waals surface area contributed by atoms with Crippen LogP contribution in [0.1, 0.15) is 40.5 Å². The fourth-order valence-corrected chi connectivity index (χ4v) is 6.45. The molecule has 2 aliphatic rings. The van der Waals surface area contributed by atoms with E-state index in [1.54, 1.807) is 49.9 Å². The molecule has 2 atom stereocenters. The first-order valence-electron chi connectivity index (χ1n) is 15.7. The average molecular weight is 664 g/mol. The Hall–Kier alpha value is -4.34. The number of piperazine rings is 1. The third kappa shape index (κ3) is 6.47. The summed E-state index contributed by atoms with van der Waals surface area (Å²) in [6, 6.07) is 9.86. The Morgan fingerprint density at radius 3 is 2.64 bits per heavy atom. The molecule has 0 unspecified atom stereocenters. The molecule has 1 amide bonds. The second-order valence-corrected chi connectivity index (χ2v) is 13.2. The second-order valence-electron chi connectivity index (χ2n) is 12.8. The number of aromatic nitrogens is 3. The van der Waals surface area contributed by atoms with Crippen molar-refractivity contribution in [2.24, 2.45) is 0 Å². The number of fused-ring (bicyclic) bond motifs is 2. The molecule has 2 aromatic heterocycles. The van der Waals surface area contributed by atoms with E-state index in [2.05, 4.69) is 27.9 Å². The molecule has 13 heteroatoms. The number of amides is 1. The molecular weight excluding hydrogens is 628 g/mol. The molecule has 0 aliphatic carbocycles. The van der Waals surface area contributed by atoms with E-state index >= 15 is 4.39 Å². The highest BCUT2D eigenvalue weighted by atomic mass is 35.5. The number of nitriles is 1. The van der Waals surface area contributed by atoms with Gasteiger partial charge in [-0.3, -0.25) is 9.88 Å².